The predicted octanol–water partition coefficient (Wildman–Crippen LogP) is 1.66. The minimum absolute atomic E-state index is 0.552. The van der Waals surface area contributed by atoms with E-state index in [4.69, 9.17) is 0 Å². The predicted molar refractivity (Wildman–Crippen MR) is 72.1 cm³/mol. The Kier molecular flexibility index (Phi) is 3.58. The lowest BCUT2D eigenvalue weighted by atomic mass is 9.96. The first-order valence-corrected chi connectivity index (χ1v) is 5.87. The van der Waals surface area contributed by atoms with Gasteiger partial charge in [-0.1, -0.05) is 6.07 Å². The molecular formula is C14H17N3O. The zero-order valence-corrected chi connectivity index (χ0v) is 10.6. The fourth-order valence-corrected chi connectivity index (χ4v) is 1.88. The first kappa shape index (κ1) is 12.5. The summed E-state index contributed by atoms with van der Waals surface area (Å²) in [7, 11) is 1.81. The van der Waals surface area contributed by atoms with Crippen LogP contribution < -0.4 is 5.32 Å². The Morgan fingerprint density at radius 3 is 3.06 bits per heavy atom. The molecule has 0 bridgehead atoms. The lowest BCUT2D eigenvalue weighted by molar-refractivity contribution is 0.112. The molecule has 0 fully saturated rings. The Bertz CT molecular complexity index is 564. The van der Waals surface area contributed by atoms with Crippen molar-refractivity contribution >= 4 is 10.9 Å². The molecule has 0 saturated heterocycles. The molecule has 1 aromatic carbocycles. The smallest absolute Gasteiger partial charge is 0.116 e. The minimum Gasteiger partial charge on any atom is -0.394 e. The third-order valence-corrected chi connectivity index (χ3v) is 2.74. The first-order chi connectivity index (χ1) is 8.61. The van der Waals surface area contributed by atoms with E-state index in [1.807, 2.05) is 18.2 Å². The van der Waals surface area contributed by atoms with E-state index in [9.17, 15) is 5.11 Å². The standard InChI is InChI=1S/C14H17N3O/c1-14(18,5-6-15-2)8-11-3-4-13-12(7-11)9-16-10-17-13/h3-7,9-10,15,18H,8H2,1-2H3. The average molecular weight is 243 g/mol. The molecule has 2 rings (SSSR count). The maximum absolute atomic E-state index is 10.2. The second kappa shape index (κ2) is 5.14. The van der Waals surface area contributed by atoms with Crippen LogP contribution in [-0.2, 0) is 6.42 Å². The van der Waals surface area contributed by atoms with Crippen LogP contribution >= 0.6 is 0 Å². The van der Waals surface area contributed by atoms with E-state index in [-0.39, 0.29) is 0 Å². The maximum Gasteiger partial charge on any atom is 0.116 e. The van der Waals surface area contributed by atoms with Gasteiger partial charge in [0.15, 0.2) is 0 Å². The second-order valence-electron chi connectivity index (χ2n) is 4.57. The zero-order chi connectivity index (χ0) is 13.0. The largest absolute Gasteiger partial charge is 0.394 e. The summed E-state index contributed by atoms with van der Waals surface area (Å²) in [5, 5.41) is 14.1. The highest BCUT2D eigenvalue weighted by Crippen LogP contribution is 2.18. The van der Waals surface area contributed by atoms with Crippen LogP contribution in [0.4, 0.5) is 0 Å². The highest BCUT2D eigenvalue weighted by molar-refractivity contribution is 5.78. The van der Waals surface area contributed by atoms with Gasteiger partial charge in [-0.15, -0.1) is 0 Å². The topological polar surface area (TPSA) is 58.0 Å². The Balaban J connectivity index is 2.24. The van der Waals surface area contributed by atoms with E-state index < -0.39 is 5.60 Å². The van der Waals surface area contributed by atoms with Gasteiger partial charge < -0.3 is 10.4 Å². The monoisotopic (exact) mass is 243 g/mol. The number of nitrogens with zero attached hydrogens (tertiary/aromatic N) is 2. The molecule has 1 aromatic heterocycles. The number of aliphatic hydroxyl groups is 1. The van der Waals surface area contributed by atoms with Crippen LogP contribution in [0.1, 0.15) is 12.5 Å². The minimum atomic E-state index is -0.869. The van der Waals surface area contributed by atoms with Gasteiger partial charge in [0.1, 0.15) is 6.33 Å². The number of aromatic nitrogens is 2. The number of benzene rings is 1. The second-order valence-corrected chi connectivity index (χ2v) is 4.57. The van der Waals surface area contributed by atoms with Crippen molar-refractivity contribution < 1.29 is 5.11 Å². The van der Waals surface area contributed by atoms with E-state index in [0.29, 0.717) is 6.42 Å². The van der Waals surface area contributed by atoms with E-state index in [1.165, 1.54) is 6.33 Å². The number of hydrogen-bond acceptors (Lipinski definition) is 4. The van der Waals surface area contributed by atoms with Gasteiger partial charge in [-0.05, 0) is 36.9 Å². The Morgan fingerprint density at radius 1 is 1.44 bits per heavy atom. The molecule has 0 radical (unpaired) electrons. The van der Waals surface area contributed by atoms with Gasteiger partial charge in [-0.2, -0.15) is 0 Å². The molecule has 94 valence electrons. The number of hydrogen-bond donors (Lipinski definition) is 2. The molecule has 0 amide bonds. The van der Waals surface area contributed by atoms with Crippen LogP contribution in [0.2, 0.25) is 0 Å². The van der Waals surface area contributed by atoms with E-state index >= 15 is 0 Å². The summed E-state index contributed by atoms with van der Waals surface area (Å²) in [5.74, 6) is 0. The first-order valence-electron chi connectivity index (χ1n) is 5.87. The van der Waals surface area contributed by atoms with E-state index in [1.54, 1.807) is 32.4 Å². The number of rotatable bonds is 4. The zero-order valence-electron chi connectivity index (χ0n) is 10.6. The summed E-state index contributed by atoms with van der Waals surface area (Å²) in [4.78, 5) is 8.17. The van der Waals surface area contributed by atoms with Crippen LogP contribution in [0.15, 0.2) is 43.0 Å². The van der Waals surface area contributed by atoms with E-state index in [0.717, 1.165) is 16.5 Å². The van der Waals surface area contributed by atoms with Crippen molar-refractivity contribution in [3.63, 3.8) is 0 Å². The van der Waals surface area contributed by atoms with Crippen molar-refractivity contribution in [3.8, 4) is 0 Å². The summed E-state index contributed by atoms with van der Waals surface area (Å²) >= 11 is 0. The fraction of sp³-hybridized carbons (Fsp3) is 0.286. The van der Waals surface area contributed by atoms with Crippen molar-refractivity contribution in [1.29, 1.82) is 0 Å². The molecule has 0 spiro atoms. The SMILES string of the molecule is CNC=CC(C)(O)Cc1ccc2ncncc2c1. The fourth-order valence-electron chi connectivity index (χ4n) is 1.88. The summed E-state index contributed by atoms with van der Waals surface area (Å²) in [6, 6.07) is 5.94. The van der Waals surface area contributed by atoms with Gasteiger partial charge >= 0.3 is 0 Å². The van der Waals surface area contributed by atoms with Crippen molar-refractivity contribution in [2.24, 2.45) is 0 Å². The molecule has 4 heteroatoms. The van der Waals surface area contributed by atoms with Gasteiger partial charge in [-0.3, -0.25) is 0 Å². The van der Waals surface area contributed by atoms with Crippen LogP contribution in [0, 0.1) is 0 Å². The molecule has 0 saturated carbocycles. The summed E-state index contributed by atoms with van der Waals surface area (Å²) < 4.78 is 0. The van der Waals surface area contributed by atoms with Crippen LogP contribution in [0.25, 0.3) is 10.9 Å². The van der Waals surface area contributed by atoms with Crippen LogP contribution in [-0.4, -0.2) is 27.7 Å². The van der Waals surface area contributed by atoms with Crippen LogP contribution in [0.3, 0.4) is 0 Å². The third-order valence-electron chi connectivity index (χ3n) is 2.74. The van der Waals surface area contributed by atoms with Crippen molar-refractivity contribution in [3.05, 3.63) is 48.6 Å². The van der Waals surface area contributed by atoms with Gasteiger partial charge in [0.2, 0.25) is 0 Å². The Hall–Kier alpha value is -1.94. The molecule has 2 aromatic rings. The van der Waals surface area contributed by atoms with Crippen molar-refractivity contribution in [2.45, 2.75) is 18.9 Å². The summed E-state index contributed by atoms with van der Waals surface area (Å²) in [6.07, 6.45) is 7.36. The quantitative estimate of drug-likeness (QED) is 0.857. The number of nitrogens with one attached hydrogen (secondary N) is 1. The molecule has 1 unspecified atom stereocenters. The maximum atomic E-state index is 10.2. The molecule has 0 aliphatic rings. The molecule has 0 aliphatic carbocycles. The van der Waals surface area contributed by atoms with Crippen LogP contribution in [0.5, 0.6) is 0 Å². The Morgan fingerprint density at radius 2 is 2.28 bits per heavy atom. The molecule has 0 aliphatic heterocycles. The van der Waals surface area contributed by atoms with Gasteiger partial charge in [0.25, 0.3) is 0 Å². The van der Waals surface area contributed by atoms with Gasteiger partial charge in [-0.25, -0.2) is 9.97 Å². The number of fused-ring (bicyclic) bond motifs is 1. The molecule has 1 heterocycles. The van der Waals surface area contributed by atoms with Gasteiger partial charge in [0, 0.05) is 25.1 Å². The normalized spacial score (nSPS) is 14.8. The molecule has 1 atom stereocenters. The lowest BCUT2D eigenvalue weighted by Crippen LogP contribution is -2.24. The summed E-state index contributed by atoms with van der Waals surface area (Å²) in [6.45, 7) is 1.78. The molecule has 18 heavy (non-hydrogen) atoms. The third kappa shape index (κ3) is 3.05. The lowest BCUT2D eigenvalue weighted by Gasteiger charge is -2.19. The Labute approximate surface area is 106 Å². The molecule has 2 N–H and O–H groups in total. The van der Waals surface area contributed by atoms with Crippen molar-refractivity contribution in [1.82, 2.24) is 15.3 Å². The molecular weight excluding hydrogens is 226 g/mol. The summed E-state index contributed by atoms with van der Waals surface area (Å²) in [5.41, 5.74) is 1.11. The average Bonchev–Trinajstić information content (AvgIpc) is 2.36. The van der Waals surface area contributed by atoms with Gasteiger partial charge in [0.05, 0.1) is 11.1 Å². The highest BCUT2D eigenvalue weighted by Gasteiger charge is 2.17. The molecule has 4 nitrogen and oxygen atoms in total. The van der Waals surface area contributed by atoms with Crippen molar-refractivity contribution in [2.75, 3.05) is 7.05 Å². The van der Waals surface area contributed by atoms with E-state index in [2.05, 4.69) is 15.3 Å². The highest BCUT2D eigenvalue weighted by atomic mass is 16.3.